The largest absolute Gasteiger partial charge is 1.00 e. The van der Waals surface area contributed by atoms with Gasteiger partial charge in [0.15, 0.2) is 28.0 Å². The van der Waals surface area contributed by atoms with Gasteiger partial charge in [0.1, 0.15) is 5.75 Å². The van der Waals surface area contributed by atoms with E-state index in [1.165, 1.54) is 5.34 Å². The molecule has 17 heteroatoms. The molecule has 0 amide bonds. The van der Waals surface area contributed by atoms with Crippen molar-refractivity contribution >= 4 is 37.5 Å². The quantitative estimate of drug-likeness (QED) is 0.0530. The molecule has 1 N–H and O–H groups in total. The molecule has 3 aromatic carbocycles. The Morgan fingerprint density at radius 2 is 1.50 bits per heavy atom. The lowest BCUT2D eigenvalue weighted by Crippen LogP contribution is -3.00. The molecular formula is C33H44Br3N8O5S+. The van der Waals surface area contributed by atoms with Crippen LogP contribution in [0.2, 0.25) is 0 Å². The molecule has 5 aromatic rings. The number of rotatable bonds is 14. The molecule has 0 saturated heterocycles. The van der Waals surface area contributed by atoms with Gasteiger partial charge >= 0.3 is 5.13 Å². The normalized spacial score (nSPS) is 11.1. The summed E-state index contributed by atoms with van der Waals surface area (Å²) in [7, 11) is 14.7. The van der Waals surface area contributed by atoms with E-state index in [1.54, 1.807) is 28.0 Å². The topological polar surface area (TPSA) is 125 Å². The van der Waals surface area contributed by atoms with Crippen LogP contribution in [0.5, 0.6) is 17.2 Å². The van der Waals surface area contributed by atoms with Crippen molar-refractivity contribution in [2.24, 2.45) is 5.34 Å². The van der Waals surface area contributed by atoms with Gasteiger partial charge in [-0.3, -0.25) is 0 Å². The van der Waals surface area contributed by atoms with E-state index < -0.39 is 0 Å². The molecule has 13 nitrogen and oxygen atoms in total. The summed E-state index contributed by atoms with van der Waals surface area (Å²) in [6.07, 6.45) is 1.87. The summed E-state index contributed by atoms with van der Waals surface area (Å²) in [5.74, 6) is 2.57. The van der Waals surface area contributed by atoms with Gasteiger partial charge < -0.3 is 62.3 Å². The Kier molecular flexibility index (Phi) is 16.7. The molecule has 5 rings (SSSR count). The fraction of sp³-hybridized carbons (Fsp3) is 0.394. The Balaban J connectivity index is 0.00000167. The fourth-order valence-corrected chi connectivity index (χ4v) is 6.22. The van der Waals surface area contributed by atoms with Crippen molar-refractivity contribution in [2.75, 3.05) is 75.7 Å². The third-order valence-electron chi connectivity index (χ3n) is 7.03. The molecule has 0 atom stereocenters. The van der Waals surface area contributed by atoms with E-state index in [0.717, 1.165) is 66.6 Å². The maximum Gasteiger partial charge on any atom is 0.365 e. The van der Waals surface area contributed by atoms with Gasteiger partial charge in [-0.1, -0.05) is 44.4 Å². The number of ether oxygens (including phenoxy) is 3. The van der Waals surface area contributed by atoms with Gasteiger partial charge in [0, 0.05) is 28.0 Å². The van der Waals surface area contributed by atoms with Gasteiger partial charge in [0.25, 0.3) is 5.82 Å². The third kappa shape index (κ3) is 12.2. The van der Waals surface area contributed by atoms with Crippen molar-refractivity contribution in [1.82, 2.24) is 20.0 Å². The Labute approximate surface area is 326 Å². The van der Waals surface area contributed by atoms with Gasteiger partial charge in [-0.2, -0.15) is 0 Å². The van der Waals surface area contributed by atoms with E-state index in [4.69, 9.17) is 39.5 Å². The molecule has 50 heavy (non-hydrogen) atoms. The third-order valence-corrected chi connectivity index (χ3v) is 8.51. The number of benzene rings is 3. The summed E-state index contributed by atoms with van der Waals surface area (Å²) in [6, 6.07) is 19.8. The summed E-state index contributed by atoms with van der Waals surface area (Å²) in [5, 5.41) is 18.5. The van der Waals surface area contributed by atoms with E-state index in [-0.39, 0.29) is 34.0 Å². The van der Waals surface area contributed by atoms with Gasteiger partial charge in [0.05, 0.1) is 80.4 Å². The number of hydrogen-bond donors (Lipinski definition) is 1. The van der Waals surface area contributed by atoms with Crippen LogP contribution in [0.3, 0.4) is 0 Å². The first kappa shape index (κ1) is 42.9. The number of para-hydroxylation sites is 2. The van der Waals surface area contributed by atoms with Crippen LogP contribution in [0.25, 0.3) is 32.4 Å². The second kappa shape index (κ2) is 19.4. The molecule has 2 heterocycles. The number of fused-ring (bicyclic) bond motifs is 1. The number of quaternary nitrogens is 2. The fourth-order valence-electron chi connectivity index (χ4n) is 4.76. The van der Waals surface area contributed by atoms with Crippen LogP contribution >= 0.6 is 27.3 Å². The predicted octanol–water partition coefficient (Wildman–Crippen LogP) is -0.308. The van der Waals surface area contributed by atoms with Gasteiger partial charge in [-0.25, -0.2) is 0 Å². The molecule has 0 fully saturated rings. The predicted molar refractivity (Wildman–Crippen MR) is 189 cm³/mol. The summed E-state index contributed by atoms with van der Waals surface area (Å²) in [5.41, 5.74) is 2.45. The maximum atomic E-state index is 8.11. The lowest BCUT2D eigenvalue weighted by molar-refractivity contribution is -0.870. The molecule has 2 aromatic heterocycles. The van der Waals surface area contributed by atoms with Crippen molar-refractivity contribution in [3.8, 4) is 39.5 Å². The lowest BCUT2D eigenvalue weighted by atomic mass is 10.2. The summed E-state index contributed by atoms with van der Waals surface area (Å²) in [6.45, 7) is 3.23. The standard InChI is InChI=1S/C33H43BrN7O3S.2BrH.HNO2/c1-40(2,3)18-10-20-43-28-13-9-8-12-27(28)38-36-32(37-39(38)33-35-26-16-15-25(34)23-31(26)45-33)24-14-17-29(30(22-24)42-7)44-21-11-19-41(4,5)6;;;2-1-3/h8-9,12-17,22-23H,10-11,18-21H2,1-7H3;2*1H;(H,2,3)/q+3;;;/p-2. The van der Waals surface area contributed by atoms with E-state index in [2.05, 4.69) is 64.3 Å². The minimum absolute atomic E-state index is 0. The molecule has 0 unspecified atom stereocenters. The Hall–Kier alpha value is -3.22. The van der Waals surface area contributed by atoms with Crippen LogP contribution in [0.4, 0.5) is 0 Å². The van der Waals surface area contributed by atoms with Crippen molar-refractivity contribution < 1.29 is 67.1 Å². The lowest BCUT2D eigenvalue weighted by Gasteiger charge is -2.23. The van der Waals surface area contributed by atoms with Crippen molar-refractivity contribution in [2.45, 2.75) is 12.8 Å². The smallest absolute Gasteiger partial charge is 0.365 e. The highest BCUT2D eigenvalue weighted by Crippen LogP contribution is 2.32. The Bertz CT molecular complexity index is 1830. The number of hydrogen-bond acceptors (Lipinski definition) is 9. The molecule has 0 saturated carbocycles. The van der Waals surface area contributed by atoms with Crippen LogP contribution in [0, 0.1) is 4.91 Å². The van der Waals surface area contributed by atoms with Crippen molar-refractivity contribution in [1.29, 1.82) is 0 Å². The second-order valence-electron chi connectivity index (χ2n) is 13.1. The van der Waals surface area contributed by atoms with Crippen LogP contribution in [-0.4, -0.2) is 110 Å². The van der Waals surface area contributed by atoms with Gasteiger partial charge in [-0.05, 0) is 63.2 Å². The molecular weight excluding hydrogens is 860 g/mol. The highest BCUT2D eigenvalue weighted by molar-refractivity contribution is 9.10. The van der Waals surface area contributed by atoms with E-state index in [9.17, 15) is 0 Å². The highest BCUT2D eigenvalue weighted by Gasteiger charge is 2.27. The first-order valence-corrected chi connectivity index (χ1v) is 17.0. The monoisotopic (exact) mass is 901 g/mol. The Morgan fingerprint density at radius 3 is 2.12 bits per heavy atom. The number of halogens is 3. The Morgan fingerprint density at radius 1 is 0.880 bits per heavy atom. The van der Waals surface area contributed by atoms with Crippen molar-refractivity contribution in [3.63, 3.8) is 0 Å². The van der Waals surface area contributed by atoms with Crippen molar-refractivity contribution in [3.05, 3.63) is 70.0 Å². The highest BCUT2D eigenvalue weighted by atomic mass is 79.9. The van der Waals surface area contributed by atoms with Crippen LogP contribution in [0.1, 0.15) is 12.8 Å². The summed E-state index contributed by atoms with van der Waals surface area (Å²) in [4.78, 5) is 16.5. The van der Waals surface area contributed by atoms with Crippen LogP contribution in [0.15, 0.2) is 70.5 Å². The first-order valence-electron chi connectivity index (χ1n) is 15.4. The second-order valence-corrected chi connectivity index (χ2v) is 15.0. The number of aromatic nitrogens is 5. The molecule has 0 radical (unpaired) electrons. The van der Waals surface area contributed by atoms with E-state index >= 15 is 0 Å². The van der Waals surface area contributed by atoms with Gasteiger partial charge in [-0.15, -0.1) is 4.91 Å². The summed E-state index contributed by atoms with van der Waals surface area (Å²) < 4.78 is 22.0. The average molecular weight is 905 g/mol. The number of nitrogens with zero attached hydrogens (tertiary/aromatic N) is 8. The average Bonchev–Trinajstić information content (AvgIpc) is 3.66. The summed E-state index contributed by atoms with van der Waals surface area (Å²) >= 11 is 5.13. The SMILES string of the molecule is COc1cc(-c2nn(-c3ccccc3OCCC[N+](C)(C)C)[n+](-c3nc4ccc(Br)cc4s3)n2)ccc1OCCC[N+](C)(C)C.O=NO.[Br-].[Br-]. The minimum Gasteiger partial charge on any atom is -1.00 e. The maximum absolute atomic E-state index is 8.11. The molecule has 0 bridgehead atoms. The molecule has 0 aliphatic heterocycles. The zero-order valence-electron chi connectivity index (χ0n) is 29.2. The minimum atomic E-state index is 0. The number of thiazole rings is 1. The van der Waals surface area contributed by atoms with E-state index in [0.29, 0.717) is 35.7 Å². The number of methoxy groups -OCH3 is 1. The van der Waals surface area contributed by atoms with E-state index in [1.807, 2.05) is 54.6 Å². The molecule has 0 aliphatic carbocycles. The number of tetrazole rings is 1. The zero-order chi connectivity index (χ0) is 34.9. The van der Waals surface area contributed by atoms with Gasteiger partial charge in [0.2, 0.25) is 0 Å². The van der Waals surface area contributed by atoms with Crippen LogP contribution in [-0.2, 0) is 0 Å². The zero-order valence-corrected chi connectivity index (χ0v) is 34.8. The van der Waals surface area contributed by atoms with Crippen LogP contribution < -0.4 is 53.0 Å². The molecule has 0 spiro atoms. The molecule has 272 valence electrons. The molecule has 0 aliphatic rings. The first-order chi connectivity index (χ1) is 22.8.